The third-order valence-electron chi connectivity index (χ3n) is 1.53. The molecular formula is C9H4BrCl2NO2. The minimum Gasteiger partial charge on any atom is -0.258 e. The molecule has 0 fully saturated rings. The maximum Gasteiger partial charge on any atom is 0.286 e. The van der Waals surface area contributed by atoms with E-state index < -0.39 is 4.92 Å². The molecule has 0 unspecified atom stereocenters. The molecule has 0 amide bonds. The van der Waals surface area contributed by atoms with Crippen molar-refractivity contribution >= 4 is 44.8 Å². The first-order chi connectivity index (χ1) is 7.06. The van der Waals surface area contributed by atoms with Crippen LogP contribution in [0.3, 0.4) is 0 Å². The van der Waals surface area contributed by atoms with Gasteiger partial charge in [-0.05, 0) is 6.07 Å². The number of nitrogens with zero attached hydrogens (tertiary/aromatic N) is 1. The van der Waals surface area contributed by atoms with Crippen LogP contribution in [0.2, 0.25) is 10.0 Å². The van der Waals surface area contributed by atoms with E-state index >= 15 is 0 Å². The SMILES string of the molecule is O=[N+]([O-])c1cc(Cl)c(Cl)cc1C#CCBr. The van der Waals surface area contributed by atoms with Gasteiger partial charge in [-0.3, -0.25) is 10.1 Å². The molecule has 0 saturated heterocycles. The summed E-state index contributed by atoms with van der Waals surface area (Å²) < 4.78 is 0. The number of nitro groups is 1. The van der Waals surface area contributed by atoms with Crippen molar-refractivity contribution < 1.29 is 4.92 Å². The minimum absolute atomic E-state index is 0.141. The van der Waals surface area contributed by atoms with Gasteiger partial charge in [-0.1, -0.05) is 51.0 Å². The quantitative estimate of drug-likeness (QED) is 0.344. The number of rotatable bonds is 1. The lowest BCUT2D eigenvalue weighted by atomic mass is 10.2. The van der Waals surface area contributed by atoms with Crippen LogP contribution < -0.4 is 0 Å². The molecule has 1 aromatic rings. The van der Waals surface area contributed by atoms with Gasteiger partial charge in [0.2, 0.25) is 0 Å². The summed E-state index contributed by atoms with van der Waals surface area (Å²) in [5.41, 5.74) is 0.117. The summed E-state index contributed by atoms with van der Waals surface area (Å²) in [4.78, 5) is 10.1. The van der Waals surface area contributed by atoms with Crippen LogP contribution in [0, 0.1) is 22.0 Å². The molecule has 0 aliphatic rings. The van der Waals surface area contributed by atoms with E-state index in [4.69, 9.17) is 23.2 Å². The fraction of sp³-hybridized carbons (Fsp3) is 0.111. The van der Waals surface area contributed by atoms with Crippen molar-refractivity contribution in [3.63, 3.8) is 0 Å². The first kappa shape index (κ1) is 12.3. The van der Waals surface area contributed by atoms with Gasteiger partial charge in [0.25, 0.3) is 5.69 Å². The standard InChI is InChI=1S/C9H4BrCl2NO2/c10-3-1-2-6-4-7(11)8(12)5-9(6)13(14)15/h4-5H,3H2. The summed E-state index contributed by atoms with van der Waals surface area (Å²) in [6.07, 6.45) is 0. The molecule has 0 heterocycles. The first-order valence-electron chi connectivity index (χ1n) is 3.74. The maximum atomic E-state index is 10.7. The fourth-order valence-corrected chi connectivity index (χ4v) is 1.38. The van der Waals surface area contributed by atoms with Crippen LogP contribution in [0.15, 0.2) is 12.1 Å². The Kier molecular flexibility index (Phi) is 4.40. The van der Waals surface area contributed by atoms with Gasteiger partial charge < -0.3 is 0 Å². The Bertz CT molecular complexity index is 465. The minimum atomic E-state index is -0.541. The Balaban J connectivity index is 3.34. The maximum absolute atomic E-state index is 10.7. The summed E-state index contributed by atoms with van der Waals surface area (Å²) in [5, 5.41) is 11.5. The van der Waals surface area contributed by atoms with Gasteiger partial charge in [0.15, 0.2) is 0 Å². The zero-order valence-electron chi connectivity index (χ0n) is 7.26. The smallest absolute Gasteiger partial charge is 0.258 e. The van der Waals surface area contributed by atoms with E-state index in [2.05, 4.69) is 27.8 Å². The second kappa shape index (κ2) is 5.36. The van der Waals surface area contributed by atoms with Gasteiger partial charge >= 0.3 is 0 Å². The Morgan fingerprint density at radius 2 is 2.00 bits per heavy atom. The van der Waals surface area contributed by atoms with E-state index in [1.54, 1.807) is 0 Å². The molecule has 0 bridgehead atoms. The van der Waals surface area contributed by atoms with Crippen molar-refractivity contribution in [1.29, 1.82) is 0 Å². The van der Waals surface area contributed by atoms with Gasteiger partial charge in [0.05, 0.1) is 20.3 Å². The van der Waals surface area contributed by atoms with Crippen molar-refractivity contribution in [3.8, 4) is 11.8 Å². The third kappa shape index (κ3) is 3.10. The van der Waals surface area contributed by atoms with E-state index in [-0.39, 0.29) is 21.3 Å². The van der Waals surface area contributed by atoms with E-state index in [0.29, 0.717) is 5.33 Å². The molecule has 0 saturated carbocycles. The number of benzene rings is 1. The molecule has 0 N–H and O–H groups in total. The first-order valence-corrected chi connectivity index (χ1v) is 5.62. The number of hydrogen-bond acceptors (Lipinski definition) is 2. The second-order valence-electron chi connectivity index (χ2n) is 2.48. The molecule has 1 aromatic carbocycles. The number of nitro benzene ring substituents is 1. The highest BCUT2D eigenvalue weighted by Gasteiger charge is 2.15. The van der Waals surface area contributed by atoms with Crippen LogP contribution in [0.25, 0.3) is 0 Å². The summed E-state index contributed by atoms with van der Waals surface area (Å²) in [7, 11) is 0. The zero-order valence-corrected chi connectivity index (χ0v) is 10.4. The molecule has 0 radical (unpaired) electrons. The molecule has 15 heavy (non-hydrogen) atoms. The van der Waals surface area contributed by atoms with E-state index in [1.165, 1.54) is 12.1 Å². The van der Waals surface area contributed by atoms with Gasteiger partial charge in [0.1, 0.15) is 5.56 Å². The number of alkyl halides is 1. The number of hydrogen-bond donors (Lipinski definition) is 0. The topological polar surface area (TPSA) is 43.1 Å². The monoisotopic (exact) mass is 307 g/mol. The Hall–Kier alpha value is -0.760. The largest absolute Gasteiger partial charge is 0.286 e. The van der Waals surface area contributed by atoms with Gasteiger partial charge in [-0.25, -0.2) is 0 Å². The molecular weight excluding hydrogens is 305 g/mol. The van der Waals surface area contributed by atoms with E-state index in [9.17, 15) is 10.1 Å². The van der Waals surface area contributed by atoms with Crippen LogP contribution in [0.1, 0.15) is 5.56 Å². The van der Waals surface area contributed by atoms with Crippen LogP contribution >= 0.6 is 39.1 Å². The highest BCUT2D eigenvalue weighted by molar-refractivity contribution is 9.09. The highest BCUT2D eigenvalue weighted by atomic mass is 79.9. The molecule has 6 heteroatoms. The predicted molar refractivity (Wildman–Crippen MR) is 63.8 cm³/mol. The van der Waals surface area contributed by atoms with Crippen molar-refractivity contribution in [2.75, 3.05) is 5.33 Å². The van der Waals surface area contributed by atoms with Crippen molar-refractivity contribution in [3.05, 3.63) is 37.9 Å². The van der Waals surface area contributed by atoms with Crippen molar-refractivity contribution in [2.24, 2.45) is 0 Å². The summed E-state index contributed by atoms with van der Waals surface area (Å²) in [5.74, 6) is 5.30. The van der Waals surface area contributed by atoms with Gasteiger partial charge in [-0.15, -0.1) is 0 Å². The summed E-state index contributed by atoms with van der Waals surface area (Å²) in [6, 6.07) is 2.58. The number of halogens is 3. The van der Waals surface area contributed by atoms with Crippen LogP contribution in [-0.4, -0.2) is 10.3 Å². The Labute approximate surface area is 105 Å². The molecule has 0 aliphatic carbocycles. The third-order valence-corrected chi connectivity index (χ3v) is 2.53. The molecule has 0 aromatic heterocycles. The summed E-state index contributed by atoms with van der Waals surface area (Å²) in [6.45, 7) is 0. The average molecular weight is 309 g/mol. The predicted octanol–water partition coefficient (Wildman–Crippen LogP) is 3.65. The highest BCUT2D eigenvalue weighted by Crippen LogP contribution is 2.29. The lowest BCUT2D eigenvalue weighted by Gasteiger charge is -1.98. The summed E-state index contributed by atoms with van der Waals surface area (Å²) >= 11 is 14.5. The lowest BCUT2D eigenvalue weighted by molar-refractivity contribution is -0.385. The van der Waals surface area contributed by atoms with Crippen LogP contribution in [0.5, 0.6) is 0 Å². The second-order valence-corrected chi connectivity index (χ2v) is 3.85. The molecule has 1 rings (SSSR count). The van der Waals surface area contributed by atoms with Crippen molar-refractivity contribution in [1.82, 2.24) is 0 Å². The Morgan fingerprint density at radius 1 is 1.40 bits per heavy atom. The Morgan fingerprint density at radius 3 is 2.53 bits per heavy atom. The normalized spacial score (nSPS) is 9.27. The van der Waals surface area contributed by atoms with E-state index in [0.717, 1.165) is 0 Å². The molecule has 3 nitrogen and oxygen atoms in total. The van der Waals surface area contributed by atoms with Gasteiger partial charge in [-0.2, -0.15) is 0 Å². The zero-order chi connectivity index (χ0) is 11.4. The molecule has 0 aliphatic heterocycles. The van der Waals surface area contributed by atoms with E-state index in [1.807, 2.05) is 0 Å². The lowest BCUT2D eigenvalue weighted by Crippen LogP contribution is -1.92. The fourth-order valence-electron chi connectivity index (χ4n) is 0.916. The van der Waals surface area contributed by atoms with Gasteiger partial charge in [0, 0.05) is 6.07 Å². The van der Waals surface area contributed by atoms with Crippen LogP contribution in [-0.2, 0) is 0 Å². The van der Waals surface area contributed by atoms with Crippen molar-refractivity contribution in [2.45, 2.75) is 0 Å². The average Bonchev–Trinajstić information content (AvgIpc) is 2.19. The molecule has 0 spiro atoms. The molecule has 78 valence electrons. The molecule has 0 atom stereocenters. The van der Waals surface area contributed by atoms with Crippen LogP contribution in [0.4, 0.5) is 5.69 Å².